The maximum atomic E-state index is 13.3. The average molecular weight is 530 g/mol. The molecule has 2 aromatic carbocycles. The number of carbonyl (C=O) groups is 2. The molecule has 36 heavy (non-hydrogen) atoms. The Kier molecular flexibility index (Phi) is 8.88. The molecule has 0 amide bonds. The second kappa shape index (κ2) is 12.1. The van der Waals surface area contributed by atoms with Gasteiger partial charge in [-0.25, -0.2) is 0 Å². The molecule has 0 saturated heterocycles. The Morgan fingerprint density at radius 2 is 1.28 bits per heavy atom. The van der Waals surface area contributed by atoms with E-state index in [2.05, 4.69) is 0 Å². The predicted molar refractivity (Wildman–Crippen MR) is 124 cm³/mol. The molecular formula is C28H28F2O5Ti. The van der Waals surface area contributed by atoms with Gasteiger partial charge in [-0.2, -0.15) is 7.11 Å². The summed E-state index contributed by atoms with van der Waals surface area (Å²) in [5.74, 6) is -2.10. The first-order chi connectivity index (χ1) is 17.5. The van der Waals surface area contributed by atoms with Crippen molar-refractivity contribution >= 4 is 11.9 Å². The first-order valence-corrected chi connectivity index (χ1v) is 14.3. The molecule has 0 saturated carbocycles. The van der Waals surface area contributed by atoms with Crippen molar-refractivity contribution in [3.8, 4) is 0 Å². The Hall–Kier alpha value is -2.61. The Morgan fingerprint density at radius 1 is 0.778 bits per heavy atom. The van der Waals surface area contributed by atoms with Crippen LogP contribution >= 0.6 is 0 Å². The van der Waals surface area contributed by atoms with E-state index in [0.717, 1.165) is 45.6 Å². The van der Waals surface area contributed by atoms with Gasteiger partial charge in [-0.3, -0.25) is 0 Å². The normalized spacial score (nSPS) is 18.5. The minimum absolute atomic E-state index is 0.0804. The standard InChI is InChI=1S/C13H17.2C7H5FO2.CH3O.Ti/c1-3-7-12-10(5-1)9-11-6-2-4-8-13(11)12;2*8-6-3-1-5(2-4-6)7(9)10;1-2;/h5H,1-4,6-9H2;2*1-4H,(H,9,10);1H3;/q;;;-1;+3/p-2. The first kappa shape index (κ1) is 26.5. The number of allylic oxidation sites excluding steroid dienone is 4. The van der Waals surface area contributed by atoms with Gasteiger partial charge in [0.2, 0.25) is 0 Å². The Labute approximate surface area is 216 Å². The van der Waals surface area contributed by atoms with Crippen LogP contribution in [0.25, 0.3) is 0 Å². The molecule has 0 fully saturated rings. The van der Waals surface area contributed by atoms with Crippen molar-refractivity contribution in [2.24, 2.45) is 0 Å². The van der Waals surface area contributed by atoms with Gasteiger partial charge in [-0.1, -0.05) is 0 Å². The van der Waals surface area contributed by atoms with Gasteiger partial charge in [0.05, 0.1) is 0 Å². The summed E-state index contributed by atoms with van der Waals surface area (Å²) in [5.41, 5.74) is 6.10. The second-order valence-corrected chi connectivity index (χ2v) is 11.7. The third-order valence-corrected chi connectivity index (χ3v) is 10.00. The molecule has 5 rings (SSSR count). The van der Waals surface area contributed by atoms with Gasteiger partial charge in [0.25, 0.3) is 0 Å². The van der Waals surface area contributed by atoms with Crippen LogP contribution < -0.4 is 5.11 Å². The third kappa shape index (κ3) is 5.85. The van der Waals surface area contributed by atoms with Crippen molar-refractivity contribution in [3.63, 3.8) is 0 Å². The van der Waals surface area contributed by atoms with Crippen LogP contribution in [0.5, 0.6) is 0 Å². The van der Waals surface area contributed by atoms with E-state index in [0.29, 0.717) is 0 Å². The summed E-state index contributed by atoms with van der Waals surface area (Å²) in [6.07, 6.45) is 8.27. The average Bonchev–Trinajstić information content (AvgIpc) is 3.29. The van der Waals surface area contributed by atoms with Gasteiger partial charge in [-0.05, 0) is 0 Å². The number of hydrogen-bond acceptors (Lipinski definition) is 5. The summed E-state index contributed by atoms with van der Waals surface area (Å²) >= 11 is -3.25. The Morgan fingerprint density at radius 3 is 1.83 bits per heavy atom. The fourth-order valence-electron chi connectivity index (χ4n) is 5.26. The molecule has 0 aromatic heterocycles. The van der Waals surface area contributed by atoms with Crippen LogP contribution in [0.3, 0.4) is 0 Å². The van der Waals surface area contributed by atoms with Crippen LogP contribution in [0.4, 0.5) is 8.78 Å². The summed E-state index contributed by atoms with van der Waals surface area (Å²) in [6.45, 7) is 0. The van der Waals surface area contributed by atoms with Gasteiger partial charge in [-0.15, -0.1) is 0 Å². The third-order valence-electron chi connectivity index (χ3n) is 6.91. The van der Waals surface area contributed by atoms with Gasteiger partial charge in [0, 0.05) is 0 Å². The van der Waals surface area contributed by atoms with Crippen molar-refractivity contribution in [1.82, 2.24) is 0 Å². The Balaban J connectivity index is 0.00000148. The van der Waals surface area contributed by atoms with Gasteiger partial charge in [0.15, 0.2) is 0 Å². The molecule has 0 heterocycles. The number of halogens is 2. The SMILES string of the molecule is C[O-].O=C([O][Ti+]([O]C(=O)c1ccc(F)cc1)[CH]1CCCC2=C1CC1=C2CCCC1)c1ccc(F)cc1. The van der Waals surface area contributed by atoms with Gasteiger partial charge < -0.3 is 5.11 Å². The molecule has 0 aliphatic heterocycles. The van der Waals surface area contributed by atoms with Crippen molar-refractivity contribution in [2.45, 2.75) is 55.6 Å². The molecule has 0 N–H and O–H groups in total. The van der Waals surface area contributed by atoms with Crippen molar-refractivity contribution < 1.29 is 48.8 Å². The van der Waals surface area contributed by atoms with Crippen molar-refractivity contribution in [1.29, 1.82) is 0 Å². The summed E-state index contributed by atoms with van der Waals surface area (Å²) in [7, 11) is 0.750. The number of rotatable bonds is 5. The fraction of sp³-hybridized carbons (Fsp3) is 0.357. The predicted octanol–water partition coefficient (Wildman–Crippen LogP) is 5.95. The summed E-state index contributed by atoms with van der Waals surface area (Å²) in [6, 6.07) is 10.3. The summed E-state index contributed by atoms with van der Waals surface area (Å²) < 4.78 is 38.4. The van der Waals surface area contributed by atoms with E-state index in [1.54, 1.807) is 0 Å². The Bertz CT molecular complexity index is 1110. The maximum absolute atomic E-state index is 13.3. The van der Waals surface area contributed by atoms with E-state index in [-0.39, 0.29) is 15.3 Å². The van der Waals surface area contributed by atoms with Crippen LogP contribution in [0.1, 0.15) is 72.1 Å². The molecule has 5 nitrogen and oxygen atoms in total. The van der Waals surface area contributed by atoms with E-state index in [1.165, 1.54) is 83.7 Å². The number of benzene rings is 2. The monoisotopic (exact) mass is 530 g/mol. The number of carbonyl (C=O) groups excluding carboxylic acids is 2. The van der Waals surface area contributed by atoms with E-state index in [4.69, 9.17) is 11.7 Å². The molecule has 0 spiro atoms. The zero-order valence-corrected chi connectivity index (χ0v) is 21.7. The number of fused-ring (bicyclic) bond motifs is 1. The van der Waals surface area contributed by atoms with Gasteiger partial charge >= 0.3 is 205 Å². The molecule has 8 heteroatoms. The molecular weight excluding hydrogens is 502 g/mol. The van der Waals surface area contributed by atoms with Crippen LogP contribution in [-0.2, 0) is 25.3 Å². The topological polar surface area (TPSA) is 75.7 Å². The van der Waals surface area contributed by atoms with Crippen molar-refractivity contribution in [3.05, 3.63) is 93.6 Å². The zero-order valence-electron chi connectivity index (χ0n) is 20.2. The molecule has 2 aromatic rings. The molecule has 0 radical (unpaired) electrons. The first-order valence-electron chi connectivity index (χ1n) is 12.2. The van der Waals surface area contributed by atoms with E-state index in [1.807, 2.05) is 0 Å². The van der Waals surface area contributed by atoms with Crippen LogP contribution in [0.15, 0.2) is 70.8 Å². The van der Waals surface area contributed by atoms with E-state index in [9.17, 15) is 18.4 Å². The summed E-state index contributed by atoms with van der Waals surface area (Å²) in [5, 5.41) is 8.25. The van der Waals surface area contributed by atoms with E-state index >= 15 is 0 Å². The molecule has 3 aliphatic carbocycles. The molecule has 0 bridgehead atoms. The minimum atomic E-state index is -3.25. The second-order valence-electron chi connectivity index (χ2n) is 9.03. The van der Waals surface area contributed by atoms with Crippen LogP contribution in [0.2, 0.25) is 4.22 Å². The fourth-order valence-corrected chi connectivity index (χ4v) is 8.27. The molecule has 3 aliphatic rings. The molecule has 188 valence electrons. The quantitative estimate of drug-likeness (QED) is 0.447. The van der Waals surface area contributed by atoms with Crippen LogP contribution in [-0.4, -0.2) is 19.0 Å². The summed E-state index contributed by atoms with van der Waals surface area (Å²) in [4.78, 5) is 25.9. The van der Waals surface area contributed by atoms with Crippen molar-refractivity contribution in [2.75, 3.05) is 7.11 Å². The van der Waals surface area contributed by atoms with Crippen LogP contribution in [0, 0.1) is 11.6 Å². The van der Waals surface area contributed by atoms with E-state index < -0.39 is 42.2 Å². The molecule has 1 unspecified atom stereocenters. The van der Waals surface area contributed by atoms with Gasteiger partial charge in [0.1, 0.15) is 0 Å². The molecule has 1 atom stereocenters. The zero-order chi connectivity index (χ0) is 25.7. The number of hydrogen-bond donors (Lipinski definition) is 0.